The number of rotatable bonds is 1. The van der Waals surface area contributed by atoms with Crippen LogP contribution in [0.4, 0.5) is 8.78 Å². The van der Waals surface area contributed by atoms with Crippen molar-refractivity contribution < 1.29 is 8.78 Å². The number of benzene rings is 1. The van der Waals surface area contributed by atoms with Crippen molar-refractivity contribution >= 4 is 0 Å². The molecule has 2 heteroatoms. The van der Waals surface area contributed by atoms with Gasteiger partial charge in [-0.3, -0.25) is 0 Å². The molecule has 0 unspecified atom stereocenters. The van der Waals surface area contributed by atoms with Crippen molar-refractivity contribution in [2.45, 2.75) is 39.0 Å². The second-order valence-electron chi connectivity index (χ2n) is 5.46. The number of halogens is 2. The maximum Gasteiger partial charge on any atom is 0.159 e. The lowest BCUT2D eigenvalue weighted by molar-refractivity contribution is 0.297. The molecule has 0 spiro atoms. The molecule has 0 atom stereocenters. The Morgan fingerprint density at radius 2 is 1.67 bits per heavy atom. The minimum atomic E-state index is -0.761. The Bertz CT molecular complexity index is 384. The highest BCUT2D eigenvalue weighted by molar-refractivity contribution is 5.34. The third-order valence-electron chi connectivity index (χ3n) is 3.66. The van der Waals surface area contributed by atoms with Crippen LogP contribution < -0.4 is 0 Å². The van der Waals surface area contributed by atoms with Gasteiger partial charge in [-0.25, -0.2) is 8.78 Å². The van der Waals surface area contributed by atoms with Crippen LogP contribution in [0.1, 0.15) is 39.2 Å². The summed E-state index contributed by atoms with van der Waals surface area (Å²) in [6.07, 6.45) is 2.14. The molecule has 2 rings (SSSR count). The molecule has 1 aliphatic rings. The zero-order valence-electron chi connectivity index (χ0n) is 9.40. The van der Waals surface area contributed by atoms with Gasteiger partial charge in [0.25, 0.3) is 0 Å². The van der Waals surface area contributed by atoms with Gasteiger partial charge < -0.3 is 0 Å². The van der Waals surface area contributed by atoms with E-state index in [0.29, 0.717) is 0 Å². The lowest BCUT2D eigenvalue weighted by atomic mass is 9.73. The van der Waals surface area contributed by atoms with Crippen LogP contribution in [0.2, 0.25) is 0 Å². The number of hydrogen-bond donors (Lipinski definition) is 0. The van der Waals surface area contributed by atoms with E-state index in [4.69, 9.17) is 0 Å². The average Bonchev–Trinajstić information content (AvgIpc) is 2.88. The third kappa shape index (κ3) is 1.56. The van der Waals surface area contributed by atoms with Gasteiger partial charge in [0.2, 0.25) is 0 Å². The summed E-state index contributed by atoms with van der Waals surface area (Å²) in [6.45, 7) is 6.46. The van der Waals surface area contributed by atoms with Crippen LogP contribution in [0.5, 0.6) is 0 Å². The topological polar surface area (TPSA) is 0 Å². The summed E-state index contributed by atoms with van der Waals surface area (Å²) in [5.41, 5.74) is 1.10. The first kappa shape index (κ1) is 10.6. The van der Waals surface area contributed by atoms with E-state index in [2.05, 4.69) is 20.8 Å². The second kappa shape index (κ2) is 3.03. The summed E-state index contributed by atoms with van der Waals surface area (Å²) in [5.74, 6) is -1.49. The van der Waals surface area contributed by atoms with Crippen LogP contribution in [-0.4, -0.2) is 0 Å². The largest absolute Gasteiger partial charge is 0.204 e. The van der Waals surface area contributed by atoms with Gasteiger partial charge in [-0.2, -0.15) is 0 Å². The Balaban J connectivity index is 2.43. The molecular formula is C13H16F2. The van der Waals surface area contributed by atoms with E-state index in [1.54, 1.807) is 6.07 Å². The summed E-state index contributed by atoms with van der Waals surface area (Å²) in [4.78, 5) is 0. The molecule has 0 radical (unpaired) electrons. The van der Waals surface area contributed by atoms with Crippen molar-refractivity contribution in [3.63, 3.8) is 0 Å². The van der Waals surface area contributed by atoms with Gasteiger partial charge in [0.05, 0.1) is 0 Å². The molecule has 0 amide bonds. The van der Waals surface area contributed by atoms with E-state index in [0.717, 1.165) is 18.4 Å². The van der Waals surface area contributed by atoms with Crippen LogP contribution in [0.3, 0.4) is 0 Å². The lowest BCUT2D eigenvalue weighted by Crippen LogP contribution is -2.26. The highest BCUT2D eigenvalue weighted by Crippen LogP contribution is 2.59. The Morgan fingerprint density at radius 3 is 2.07 bits per heavy atom. The molecule has 15 heavy (non-hydrogen) atoms. The van der Waals surface area contributed by atoms with Crippen molar-refractivity contribution in [3.8, 4) is 0 Å². The van der Waals surface area contributed by atoms with Crippen molar-refractivity contribution in [2.75, 3.05) is 0 Å². The third-order valence-corrected chi connectivity index (χ3v) is 3.66. The van der Waals surface area contributed by atoms with Gasteiger partial charge in [-0.15, -0.1) is 0 Å². The maximum atomic E-state index is 13.2. The Hall–Kier alpha value is -0.920. The van der Waals surface area contributed by atoms with Crippen molar-refractivity contribution in [1.82, 2.24) is 0 Å². The summed E-state index contributed by atoms with van der Waals surface area (Å²) in [5, 5.41) is 0. The molecule has 0 nitrogen and oxygen atoms in total. The molecule has 0 saturated heterocycles. The predicted octanol–water partition coefficient (Wildman–Crippen LogP) is 4.04. The van der Waals surface area contributed by atoms with Crippen LogP contribution in [0, 0.1) is 17.0 Å². The fourth-order valence-corrected chi connectivity index (χ4v) is 2.39. The fraction of sp³-hybridized carbons (Fsp3) is 0.538. The molecule has 1 fully saturated rings. The van der Waals surface area contributed by atoms with Crippen LogP contribution in [0.15, 0.2) is 18.2 Å². The summed E-state index contributed by atoms with van der Waals surface area (Å²) in [7, 11) is 0. The summed E-state index contributed by atoms with van der Waals surface area (Å²) in [6, 6.07) is 4.31. The first-order chi connectivity index (χ1) is 6.87. The molecule has 0 aliphatic heterocycles. The molecular weight excluding hydrogens is 194 g/mol. The lowest BCUT2D eigenvalue weighted by Gasteiger charge is -2.31. The van der Waals surface area contributed by atoms with Gasteiger partial charge in [0.1, 0.15) is 0 Å². The minimum absolute atomic E-state index is 0.0571. The first-order valence-corrected chi connectivity index (χ1v) is 5.32. The van der Waals surface area contributed by atoms with Crippen LogP contribution in [0.25, 0.3) is 0 Å². The predicted molar refractivity (Wildman–Crippen MR) is 56.7 cm³/mol. The molecule has 1 aromatic carbocycles. The normalized spacial score (nSPS) is 19.0. The van der Waals surface area contributed by atoms with Crippen LogP contribution >= 0.6 is 0 Å². The highest BCUT2D eigenvalue weighted by atomic mass is 19.2. The van der Waals surface area contributed by atoms with Gasteiger partial charge in [0, 0.05) is 5.41 Å². The molecule has 1 aliphatic carbocycles. The monoisotopic (exact) mass is 210 g/mol. The fourth-order valence-electron chi connectivity index (χ4n) is 2.39. The first-order valence-electron chi connectivity index (χ1n) is 5.32. The smallest absolute Gasteiger partial charge is 0.159 e. The zero-order chi connectivity index (χ0) is 11.3. The van der Waals surface area contributed by atoms with E-state index in [1.807, 2.05) is 0 Å². The van der Waals surface area contributed by atoms with Crippen LogP contribution in [-0.2, 0) is 5.41 Å². The zero-order valence-corrected chi connectivity index (χ0v) is 9.40. The van der Waals surface area contributed by atoms with Crippen molar-refractivity contribution in [3.05, 3.63) is 35.4 Å². The van der Waals surface area contributed by atoms with E-state index in [-0.39, 0.29) is 10.8 Å². The Morgan fingerprint density at radius 1 is 1.07 bits per heavy atom. The van der Waals surface area contributed by atoms with E-state index in [9.17, 15) is 8.78 Å². The van der Waals surface area contributed by atoms with Crippen molar-refractivity contribution in [2.24, 2.45) is 5.41 Å². The Labute approximate surface area is 89.3 Å². The molecule has 0 bridgehead atoms. The van der Waals surface area contributed by atoms with E-state index in [1.165, 1.54) is 12.1 Å². The molecule has 1 saturated carbocycles. The van der Waals surface area contributed by atoms with Gasteiger partial charge in [-0.05, 0) is 36.0 Å². The molecule has 0 aromatic heterocycles. The van der Waals surface area contributed by atoms with Gasteiger partial charge in [0.15, 0.2) is 11.6 Å². The number of hydrogen-bond acceptors (Lipinski definition) is 0. The maximum absolute atomic E-state index is 13.2. The van der Waals surface area contributed by atoms with Gasteiger partial charge in [-0.1, -0.05) is 26.8 Å². The van der Waals surface area contributed by atoms with Gasteiger partial charge >= 0.3 is 0 Å². The molecule has 1 aromatic rings. The van der Waals surface area contributed by atoms with E-state index >= 15 is 0 Å². The SMILES string of the molecule is CC(C)(C)C1(c2ccc(F)c(F)c2)CC1. The Kier molecular flexibility index (Phi) is 2.14. The van der Waals surface area contributed by atoms with E-state index < -0.39 is 11.6 Å². The molecule has 0 heterocycles. The average molecular weight is 210 g/mol. The van der Waals surface area contributed by atoms with Crippen molar-refractivity contribution in [1.29, 1.82) is 0 Å². The second-order valence-corrected chi connectivity index (χ2v) is 5.46. The minimum Gasteiger partial charge on any atom is -0.204 e. The standard InChI is InChI=1S/C13H16F2/c1-12(2,3)13(6-7-13)9-4-5-10(14)11(15)8-9/h4-5,8H,6-7H2,1-3H3. The highest BCUT2D eigenvalue weighted by Gasteiger charge is 2.53. The molecule has 82 valence electrons. The molecule has 0 N–H and O–H groups in total. The quantitative estimate of drug-likeness (QED) is 0.656. The summed E-state index contributed by atoms with van der Waals surface area (Å²) < 4.78 is 26.0. The summed E-state index contributed by atoms with van der Waals surface area (Å²) >= 11 is 0.